The van der Waals surface area contributed by atoms with Crippen molar-refractivity contribution in [2.45, 2.75) is 46.6 Å². The summed E-state index contributed by atoms with van der Waals surface area (Å²) in [6.07, 6.45) is 3.22. The quantitative estimate of drug-likeness (QED) is 0.865. The maximum absolute atomic E-state index is 10.3. The minimum absolute atomic E-state index is 0.0791. The molecule has 106 valence electrons. The van der Waals surface area contributed by atoms with Gasteiger partial charge in [0.05, 0.1) is 17.5 Å². The monoisotopic (exact) mass is 272 g/mol. The maximum Gasteiger partial charge on any atom is 0.253 e. The molecule has 1 unspecified atom stereocenters. The van der Waals surface area contributed by atoms with E-state index in [1.54, 1.807) is 0 Å². The third-order valence-electron chi connectivity index (χ3n) is 4.07. The molecule has 1 N–H and O–H groups in total. The van der Waals surface area contributed by atoms with Gasteiger partial charge in [-0.05, 0) is 38.2 Å². The first-order valence-corrected chi connectivity index (χ1v) is 6.94. The molecule has 20 heavy (non-hydrogen) atoms. The summed E-state index contributed by atoms with van der Waals surface area (Å²) in [7, 11) is 0. The topological polar surface area (TPSA) is 63.8 Å². The molecule has 0 spiro atoms. The van der Waals surface area contributed by atoms with Crippen LogP contribution in [0.2, 0.25) is 0 Å². The van der Waals surface area contributed by atoms with Crippen LogP contribution in [0, 0.1) is 19.3 Å². The molecule has 1 aliphatic rings. The van der Waals surface area contributed by atoms with E-state index >= 15 is 0 Å². The Balaban J connectivity index is 2.10. The van der Waals surface area contributed by atoms with Crippen molar-refractivity contribution in [2.24, 2.45) is 5.41 Å². The second kappa shape index (κ2) is 4.38. The Labute approximate surface area is 118 Å². The summed E-state index contributed by atoms with van der Waals surface area (Å²) in [6, 6.07) is 1.97. The van der Waals surface area contributed by atoms with E-state index in [4.69, 9.17) is 0 Å². The smallest absolute Gasteiger partial charge is 0.253 e. The number of hydrogen-bond donors (Lipinski definition) is 1. The molecule has 5 heteroatoms. The zero-order valence-corrected chi connectivity index (χ0v) is 12.4. The van der Waals surface area contributed by atoms with Crippen LogP contribution in [-0.4, -0.2) is 24.9 Å². The summed E-state index contributed by atoms with van der Waals surface area (Å²) in [6.45, 7) is 8.19. The largest absolute Gasteiger partial charge is 0.388 e. The highest BCUT2D eigenvalue weighted by molar-refractivity contribution is 5.34. The Bertz CT molecular complexity index is 660. The van der Waals surface area contributed by atoms with E-state index in [2.05, 4.69) is 29.0 Å². The van der Waals surface area contributed by atoms with Crippen LogP contribution in [-0.2, 0) is 6.42 Å². The van der Waals surface area contributed by atoms with Crippen LogP contribution >= 0.6 is 0 Å². The molecule has 5 nitrogen and oxygen atoms in total. The molecule has 0 saturated carbocycles. The Morgan fingerprint density at radius 1 is 1.25 bits per heavy atom. The molecule has 0 bridgehead atoms. The third-order valence-corrected chi connectivity index (χ3v) is 4.07. The van der Waals surface area contributed by atoms with Gasteiger partial charge in [0.15, 0.2) is 0 Å². The molecule has 0 saturated heterocycles. The summed E-state index contributed by atoms with van der Waals surface area (Å²) in [5, 5.41) is 18.6. The molecule has 0 aromatic carbocycles. The lowest BCUT2D eigenvalue weighted by Crippen LogP contribution is -2.27. The van der Waals surface area contributed by atoms with Crippen molar-refractivity contribution >= 4 is 0 Å². The highest BCUT2D eigenvalue weighted by Crippen LogP contribution is 2.41. The number of aliphatic hydroxyl groups excluding tert-OH is 1. The van der Waals surface area contributed by atoms with Crippen molar-refractivity contribution in [1.29, 1.82) is 0 Å². The van der Waals surface area contributed by atoms with Gasteiger partial charge in [-0.2, -0.15) is 5.10 Å². The van der Waals surface area contributed by atoms with Gasteiger partial charge in [-0.25, -0.2) is 4.98 Å². The van der Waals surface area contributed by atoms with Crippen LogP contribution in [0.15, 0.2) is 12.3 Å². The molecular formula is C15H20N4O. The second-order valence-electron chi connectivity index (χ2n) is 6.43. The fraction of sp³-hybridized carbons (Fsp3) is 0.533. The van der Waals surface area contributed by atoms with Crippen molar-refractivity contribution in [1.82, 2.24) is 19.7 Å². The van der Waals surface area contributed by atoms with Crippen molar-refractivity contribution in [3.05, 3.63) is 34.9 Å². The van der Waals surface area contributed by atoms with E-state index in [0.717, 1.165) is 35.5 Å². The van der Waals surface area contributed by atoms with Gasteiger partial charge in [-0.3, -0.25) is 4.57 Å². The van der Waals surface area contributed by atoms with Crippen LogP contribution in [0.1, 0.15) is 49.0 Å². The van der Waals surface area contributed by atoms with Gasteiger partial charge in [-0.1, -0.05) is 13.8 Å². The lowest BCUT2D eigenvalue weighted by atomic mass is 9.75. The Morgan fingerprint density at radius 3 is 2.70 bits per heavy atom. The standard InChI is InChI=1S/C15H20N4O/c1-9-10(2)17-18-14(16-9)19-6-5-11-12(19)7-15(3,4)8-13(11)20/h5-6,13,20H,7-8H2,1-4H3. The molecule has 1 aliphatic carbocycles. The molecule has 2 heterocycles. The minimum atomic E-state index is -0.408. The zero-order valence-electron chi connectivity index (χ0n) is 12.4. The zero-order chi connectivity index (χ0) is 14.5. The van der Waals surface area contributed by atoms with E-state index in [9.17, 15) is 5.11 Å². The number of aliphatic hydroxyl groups is 1. The number of rotatable bonds is 1. The van der Waals surface area contributed by atoms with Gasteiger partial charge in [0.1, 0.15) is 0 Å². The molecule has 0 amide bonds. The molecule has 0 aliphatic heterocycles. The van der Waals surface area contributed by atoms with Gasteiger partial charge in [0.25, 0.3) is 5.95 Å². The number of aryl methyl sites for hydroxylation is 2. The molecule has 1 atom stereocenters. The Kier molecular flexibility index (Phi) is 2.90. The number of fused-ring (bicyclic) bond motifs is 1. The predicted molar refractivity (Wildman–Crippen MR) is 75.7 cm³/mol. The van der Waals surface area contributed by atoms with Gasteiger partial charge >= 0.3 is 0 Å². The summed E-state index contributed by atoms with van der Waals surface area (Å²) in [5.41, 5.74) is 3.89. The molecular weight excluding hydrogens is 252 g/mol. The van der Waals surface area contributed by atoms with Crippen LogP contribution in [0.3, 0.4) is 0 Å². The van der Waals surface area contributed by atoms with Crippen LogP contribution < -0.4 is 0 Å². The average molecular weight is 272 g/mol. The van der Waals surface area contributed by atoms with Gasteiger partial charge in [0.2, 0.25) is 0 Å². The van der Waals surface area contributed by atoms with Crippen molar-refractivity contribution in [2.75, 3.05) is 0 Å². The molecule has 2 aromatic rings. The van der Waals surface area contributed by atoms with Crippen LogP contribution in [0.25, 0.3) is 5.95 Å². The van der Waals surface area contributed by atoms with Crippen LogP contribution in [0.5, 0.6) is 0 Å². The first-order chi connectivity index (χ1) is 9.37. The van der Waals surface area contributed by atoms with Crippen molar-refractivity contribution in [3.63, 3.8) is 0 Å². The maximum atomic E-state index is 10.3. The number of nitrogens with zero attached hydrogens (tertiary/aromatic N) is 4. The molecule has 2 aromatic heterocycles. The van der Waals surface area contributed by atoms with Crippen molar-refractivity contribution < 1.29 is 5.11 Å². The van der Waals surface area contributed by atoms with E-state index in [0.29, 0.717) is 5.95 Å². The lowest BCUT2D eigenvalue weighted by molar-refractivity contribution is 0.0986. The second-order valence-corrected chi connectivity index (χ2v) is 6.43. The Hall–Kier alpha value is -1.75. The molecule has 3 rings (SSSR count). The summed E-state index contributed by atoms with van der Waals surface area (Å²) in [4.78, 5) is 4.50. The predicted octanol–water partition coefficient (Wildman–Crippen LogP) is 2.28. The normalized spacial score (nSPS) is 20.8. The fourth-order valence-electron chi connectivity index (χ4n) is 2.86. The number of hydrogen-bond acceptors (Lipinski definition) is 4. The van der Waals surface area contributed by atoms with Gasteiger partial charge in [-0.15, -0.1) is 5.10 Å². The first kappa shape index (κ1) is 13.2. The van der Waals surface area contributed by atoms with E-state index < -0.39 is 6.10 Å². The van der Waals surface area contributed by atoms with Gasteiger partial charge < -0.3 is 5.11 Å². The lowest BCUT2D eigenvalue weighted by Gasteiger charge is -2.33. The highest BCUT2D eigenvalue weighted by Gasteiger charge is 2.33. The SMILES string of the molecule is Cc1nnc(-n2ccc3c2CC(C)(C)CC3O)nc1C. The minimum Gasteiger partial charge on any atom is -0.388 e. The summed E-state index contributed by atoms with van der Waals surface area (Å²) < 4.78 is 1.96. The highest BCUT2D eigenvalue weighted by atomic mass is 16.3. The molecule has 0 radical (unpaired) electrons. The fourth-order valence-corrected chi connectivity index (χ4v) is 2.86. The molecule has 0 fully saturated rings. The Morgan fingerprint density at radius 2 is 2.00 bits per heavy atom. The van der Waals surface area contributed by atoms with E-state index in [-0.39, 0.29) is 5.41 Å². The van der Waals surface area contributed by atoms with E-state index in [1.807, 2.05) is 30.7 Å². The first-order valence-electron chi connectivity index (χ1n) is 6.94. The average Bonchev–Trinajstić information content (AvgIpc) is 2.75. The third kappa shape index (κ3) is 2.12. The van der Waals surface area contributed by atoms with Gasteiger partial charge in [0, 0.05) is 17.5 Å². The van der Waals surface area contributed by atoms with Crippen LogP contribution in [0.4, 0.5) is 0 Å². The van der Waals surface area contributed by atoms with Crippen molar-refractivity contribution in [3.8, 4) is 5.95 Å². The summed E-state index contributed by atoms with van der Waals surface area (Å²) >= 11 is 0. The summed E-state index contributed by atoms with van der Waals surface area (Å²) in [5.74, 6) is 0.583. The number of aromatic nitrogens is 4. The van der Waals surface area contributed by atoms with E-state index in [1.165, 1.54) is 0 Å².